The highest BCUT2D eigenvalue weighted by Gasteiger charge is 2.17. The zero-order valence-electron chi connectivity index (χ0n) is 13.8. The Kier molecular flexibility index (Phi) is 5.17. The molecule has 0 bridgehead atoms. The van der Waals surface area contributed by atoms with Crippen LogP contribution in [0.3, 0.4) is 0 Å². The second-order valence-corrected chi connectivity index (χ2v) is 5.57. The number of nitrogens with zero attached hydrogens (tertiary/aromatic N) is 4. The Morgan fingerprint density at radius 2 is 2.00 bits per heavy atom. The standard InChI is InChI=1S/C16H27N5/c1-6-17-14(11-16-18-8-9-21(16)7-2)10-15-12(3)19-20(5)13(15)4/h8-9,14,17H,6-7,10-11H2,1-5H3. The average Bonchev–Trinajstić information content (AvgIpc) is 2.99. The number of likely N-dealkylation sites (N-methyl/N-ethyl adjacent to an activating group) is 1. The Hall–Kier alpha value is -1.62. The molecule has 116 valence electrons. The maximum absolute atomic E-state index is 4.52. The lowest BCUT2D eigenvalue weighted by Crippen LogP contribution is -2.34. The van der Waals surface area contributed by atoms with E-state index in [1.165, 1.54) is 11.3 Å². The first-order chi connectivity index (χ1) is 10.1. The van der Waals surface area contributed by atoms with Crippen LogP contribution in [0.25, 0.3) is 0 Å². The molecule has 5 heteroatoms. The molecule has 0 aromatic carbocycles. The topological polar surface area (TPSA) is 47.7 Å². The van der Waals surface area contributed by atoms with Crippen molar-refractivity contribution in [2.24, 2.45) is 7.05 Å². The van der Waals surface area contributed by atoms with Crippen LogP contribution in [0.2, 0.25) is 0 Å². The summed E-state index contributed by atoms with van der Waals surface area (Å²) in [5, 5.41) is 8.12. The fourth-order valence-corrected chi connectivity index (χ4v) is 2.90. The van der Waals surface area contributed by atoms with Gasteiger partial charge in [0.2, 0.25) is 0 Å². The van der Waals surface area contributed by atoms with E-state index in [0.29, 0.717) is 6.04 Å². The summed E-state index contributed by atoms with van der Waals surface area (Å²) in [6, 6.07) is 0.393. The number of rotatable bonds is 7. The van der Waals surface area contributed by atoms with Gasteiger partial charge in [-0.3, -0.25) is 4.68 Å². The molecule has 0 aliphatic rings. The third-order valence-electron chi connectivity index (χ3n) is 4.17. The monoisotopic (exact) mass is 289 g/mol. The highest BCUT2D eigenvalue weighted by molar-refractivity contribution is 5.25. The third-order valence-corrected chi connectivity index (χ3v) is 4.17. The molecule has 0 aliphatic heterocycles. The fraction of sp³-hybridized carbons (Fsp3) is 0.625. The molecule has 0 saturated carbocycles. The van der Waals surface area contributed by atoms with Gasteiger partial charge in [-0.05, 0) is 39.3 Å². The molecule has 1 N–H and O–H groups in total. The van der Waals surface area contributed by atoms with Crippen LogP contribution in [0.5, 0.6) is 0 Å². The van der Waals surface area contributed by atoms with Gasteiger partial charge in [0.25, 0.3) is 0 Å². The first kappa shape index (κ1) is 15.8. The zero-order chi connectivity index (χ0) is 15.4. The Morgan fingerprint density at radius 3 is 2.57 bits per heavy atom. The van der Waals surface area contributed by atoms with E-state index in [2.05, 4.69) is 53.9 Å². The van der Waals surface area contributed by atoms with Crippen molar-refractivity contribution in [1.29, 1.82) is 0 Å². The molecule has 2 heterocycles. The minimum atomic E-state index is 0.393. The van der Waals surface area contributed by atoms with Gasteiger partial charge in [-0.15, -0.1) is 0 Å². The minimum absolute atomic E-state index is 0.393. The molecular formula is C16H27N5. The molecule has 0 fully saturated rings. The van der Waals surface area contributed by atoms with Crippen molar-refractivity contribution in [3.63, 3.8) is 0 Å². The molecule has 0 radical (unpaired) electrons. The van der Waals surface area contributed by atoms with E-state index in [9.17, 15) is 0 Å². The highest BCUT2D eigenvalue weighted by atomic mass is 15.3. The SMILES string of the molecule is CCNC(Cc1c(C)nn(C)c1C)Cc1nccn1CC. The van der Waals surface area contributed by atoms with Gasteiger partial charge in [0.1, 0.15) is 5.82 Å². The number of hydrogen-bond acceptors (Lipinski definition) is 3. The number of aryl methyl sites for hydroxylation is 3. The van der Waals surface area contributed by atoms with Gasteiger partial charge < -0.3 is 9.88 Å². The molecule has 5 nitrogen and oxygen atoms in total. The molecule has 1 unspecified atom stereocenters. The van der Waals surface area contributed by atoms with Crippen LogP contribution in [0.4, 0.5) is 0 Å². The van der Waals surface area contributed by atoms with Gasteiger partial charge in [-0.1, -0.05) is 6.92 Å². The van der Waals surface area contributed by atoms with Gasteiger partial charge >= 0.3 is 0 Å². The number of imidazole rings is 1. The third kappa shape index (κ3) is 3.53. The number of hydrogen-bond donors (Lipinski definition) is 1. The van der Waals surface area contributed by atoms with Crippen molar-refractivity contribution < 1.29 is 0 Å². The summed E-state index contributed by atoms with van der Waals surface area (Å²) < 4.78 is 4.19. The minimum Gasteiger partial charge on any atom is -0.335 e. The van der Waals surface area contributed by atoms with E-state index in [0.717, 1.165) is 37.4 Å². The normalized spacial score (nSPS) is 12.8. The van der Waals surface area contributed by atoms with E-state index < -0.39 is 0 Å². The van der Waals surface area contributed by atoms with Gasteiger partial charge in [-0.2, -0.15) is 5.10 Å². The number of aromatic nitrogens is 4. The maximum atomic E-state index is 4.52. The van der Waals surface area contributed by atoms with Crippen molar-refractivity contribution in [2.75, 3.05) is 6.54 Å². The van der Waals surface area contributed by atoms with Crippen LogP contribution in [0.15, 0.2) is 12.4 Å². The quantitative estimate of drug-likeness (QED) is 0.848. The Balaban J connectivity index is 2.15. The van der Waals surface area contributed by atoms with Gasteiger partial charge in [0.15, 0.2) is 0 Å². The lowest BCUT2D eigenvalue weighted by Gasteiger charge is -2.18. The van der Waals surface area contributed by atoms with Crippen LogP contribution in [0, 0.1) is 13.8 Å². The zero-order valence-corrected chi connectivity index (χ0v) is 13.8. The summed E-state index contributed by atoms with van der Waals surface area (Å²) in [5.74, 6) is 1.16. The summed E-state index contributed by atoms with van der Waals surface area (Å²) in [4.78, 5) is 4.50. The van der Waals surface area contributed by atoms with Gasteiger partial charge in [0.05, 0.1) is 5.69 Å². The smallest absolute Gasteiger partial charge is 0.110 e. The Morgan fingerprint density at radius 1 is 1.24 bits per heavy atom. The fourth-order valence-electron chi connectivity index (χ4n) is 2.90. The van der Waals surface area contributed by atoms with E-state index in [1.54, 1.807) is 0 Å². The van der Waals surface area contributed by atoms with Gasteiger partial charge in [-0.25, -0.2) is 4.98 Å². The first-order valence-electron chi connectivity index (χ1n) is 7.79. The van der Waals surface area contributed by atoms with E-state index >= 15 is 0 Å². The maximum Gasteiger partial charge on any atom is 0.110 e. The second kappa shape index (κ2) is 6.89. The predicted octanol–water partition coefficient (Wildman–Crippen LogP) is 2.02. The molecular weight excluding hydrogens is 262 g/mol. The molecule has 2 aromatic heterocycles. The van der Waals surface area contributed by atoms with Crippen molar-refractivity contribution >= 4 is 0 Å². The molecule has 0 amide bonds. The van der Waals surface area contributed by atoms with Crippen molar-refractivity contribution in [3.8, 4) is 0 Å². The van der Waals surface area contributed by atoms with E-state index in [-0.39, 0.29) is 0 Å². The number of nitrogens with one attached hydrogen (secondary N) is 1. The summed E-state index contributed by atoms with van der Waals surface area (Å²) in [5.41, 5.74) is 3.75. The summed E-state index contributed by atoms with van der Waals surface area (Å²) >= 11 is 0. The van der Waals surface area contributed by atoms with Crippen molar-refractivity contribution in [3.05, 3.63) is 35.2 Å². The molecule has 0 saturated heterocycles. The Bertz CT molecular complexity index is 582. The molecule has 0 spiro atoms. The van der Waals surface area contributed by atoms with Crippen LogP contribution in [-0.4, -0.2) is 31.9 Å². The lowest BCUT2D eigenvalue weighted by molar-refractivity contribution is 0.497. The predicted molar refractivity (Wildman–Crippen MR) is 85.5 cm³/mol. The highest BCUT2D eigenvalue weighted by Crippen LogP contribution is 2.16. The van der Waals surface area contributed by atoms with Crippen LogP contribution in [-0.2, 0) is 26.4 Å². The summed E-state index contributed by atoms with van der Waals surface area (Å²) in [6.45, 7) is 10.5. The summed E-state index contributed by atoms with van der Waals surface area (Å²) in [7, 11) is 2.01. The molecule has 2 aromatic rings. The summed E-state index contributed by atoms with van der Waals surface area (Å²) in [6.07, 6.45) is 5.89. The van der Waals surface area contributed by atoms with E-state index in [4.69, 9.17) is 0 Å². The molecule has 2 rings (SSSR count). The van der Waals surface area contributed by atoms with Crippen molar-refractivity contribution in [2.45, 2.75) is 53.1 Å². The largest absolute Gasteiger partial charge is 0.335 e. The van der Waals surface area contributed by atoms with E-state index in [1.807, 2.05) is 17.9 Å². The van der Waals surface area contributed by atoms with Gasteiger partial charge in [0, 0.05) is 44.1 Å². The molecule has 0 aliphatic carbocycles. The average molecular weight is 289 g/mol. The molecule has 1 atom stereocenters. The Labute approximate surface area is 127 Å². The first-order valence-corrected chi connectivity index (χ1v) is 7.79. The lowest BCUT2D eigenvalue weighted by atomic mass is 10.0. The second-order valence-electron chi connectivity index (χ2n) is 5.57. The van der Waals surface area contributed by atoms with Crippen LogP contribution >= 0.6 is 0 Å². The van der Waals surface area contributed by atoms with Crippen LogP contribution < -0.4 is 5.32 Å². The molecule has 21 heavy (non-hydrogen) atoms. The van der Waals surface area contributed by atoms with Crippen LogP contribution in [0.1, 0.15) is 36.6 Å². The van der Waals surface area contributed by atoms with Crippen molar-refractivity contribution in [1.82, 2.24) is 24.6 Å².